The van der Waals surface area contributed by atoms with Crippen LogP contribution in [0.2, 0.25) is 0 Å². The molecule has 0 bridgehead atoms. The highest BCUT2D eigenvalue weighted by molar-refractivity contribution is 6.07. The van der Waals surface area contributed by atoms with E-state index in [1.807, 2.05) is 31.2 Å². The lowest BCUT2D eigenvalue weighted by Crippen LogP contribution is -2.41. The van der Waals surface area contributed by atoms with Crippen molar-refractivity contribution < 1.29 is 14.1 Å². The van der Waals surface area contributed by atoms with Crippen LogP contribution in [-0.2, 0) is 9.59 Å². The summed E-state index contributed by atoms with van der Waals surface area (Å²) in [4.78, 5) is 26.1. The molecule has 1 aliphatic rings. The number of rotatable bonds is 3. The van der Waals surface area contributed by atoms with Gasteiger partial charge in [-0.05, 0) is 32.4 Å². The first kappa shape index (κ1) is 14.3. The Morgan fingerprint density at radius 1 is 1.32 bits per heavy atom. The van der Waals surface area contributed by atoms with E-state index < -0.39 is 6.04 Å². The SMILES string of the molecule is Cc1ccc(N2C(=O)CCC2C(=O)Nc2cc(C)on2)cc1. The van der Waals surface area contributed by atoms with Gasteiger partial charge in [0.25, 0.3) is 0 Å². The molecule has 1 aliphatic heterocycles. The number of benzene rings is 1. The molecule has 0 spiro atoms. The molecule has 2 amide bonds. The van der Waals surface area contributed by atoms with E-state index in [9.17, 15) is 9.59 Å². The molecular formula is C16H17N3O3. The average molecular weight is 299 g/mol. The summed E-state index contributed by atoms with van der Waals surface area (Å²) in [5, 5.41) is 6.44. The second-order valence-electron chi connectivity index (χ2n) is 5.47. The van der Waals surface area contributed by atoms with Crippen molar-refractivity contribution in [2.24, 2.45) is 0 Å². The van der Waals surface area contributed by atoms with Crippen molar-refractivity contribution in [3.05, 3.63) is 41.7 Å². The Balaban J connectivity index is 1.80. The number of aryl methyl sites for hydroxylation is 2. The monoisotopic (exact) mass is 299 g/mol. The predicted octanol–water partition coefficient (Wildman–Crippen LogP) is 2.43. The van der Waals surface area contributed by atoms with Crippen LogP contribution in [0.25, 0.3) is 0 Å². The van der Waals surface area contributed by atoms with Gasteiger partial charge in [0.15, 0.2) is 5.82 Å². The van der Waals surface area contributed by atoms with Crippen molar-refractivity contribution in [1.82, 2.24) is 5.16 Å². The number of nitrogens with one attached hydrogen (secondary N) is 1. The highest BCUT2D eigenvalue weighted by atomic mass is 16.5. The molecule has 0 saturated carbocycles. The molecular weight excluding hydrogens is 282 g/mol. The van der Waals surface area contributed by atoms with Crippen molar-refractivity contribution in [3.63, 3.8) is 0 Å². The van der Waals surface area contributed by atoms with Gasteiger partial charge in [0.05, 0.1) is 0 Å². The van der Waals surface area contributed by atoms with E-state index in [0.717, 1.165) is 11.3 Å². The van der Waals surface area contributed by atoms with E-state index in [2.05, 4.69) is 10.5 Å². The zero-order chi connectivity index (χ0) is 15.7. The van der Waals surface area contributed by atoms with Crippen molar-refractivity contribution in [3.8, 4) is 0 Å². The fourth-order valence-electron chi connectivity index (χ4n) is 2.60. The van der Waals surface area contributed by atoms with Gasteiger partial charge in [-0.1, -0.05) is 22.9 Å². The Labute approximate surface area is 128 Å². The van der Waals surface area contributed by atoms with E-state index in [4.69, 9.17) is 4.52 Å². The zero-order valence-corrected chi connectivity index (χ0v) is 12.5. The molecule has 1 N–H and O–H groups in total. The number of amides is 2. The molecule has 6 nitrogen and oxygen atoms in total. The Morgan fingerprint density at radius 3 is 2.68 bits per heavy atom. The third-order valence-corrected chi connectivity index (χ3v) is 3.71. The lowest BCUT2D eigenvalue weighted by Gasteiger charge is -2.23. The largest absolute Gasteiger partial charge is 0.360 e. The molecule has 1 unspecified atom stereocenters. The lowest BCUT2D eigenvalue weighted by molar-refractivity contribution is -0.120. The summed E-state index contributed by atoms with van der Waals surface area (Å²) >= 11 is 0. The summed E-state index contributed by atoms with van der Waals surface area (Å²) in [5.74, 6) is 0.693. The molecule has 0 radical (unpaired) electrons. The number of hydrogen-bond acceptors (Lipinski definition) is 4. The minimum absolute atomic E-state index is 0.0414. The minimum Gasteiger partial charge on any atom is -0.360 e. The van der Waals surface area contributed by atoms with Crippen LogP contribution in [0.15, 0.2) is 34.9 Å². The van der Waals surface area contributed by atoms with Crippen LogP contribution < -0.4 is 10.2 Å². The molecule has 1 atom stereocenters. The van der Waals surface area contributed by atoms with Crippen molar-refractivity contribution in [2.45, 2.75) is 32.7 Å². The first-order valence-electron chi connectivity index (χ1n) is 7.17. The third kappa shape index (κ3) is 2.72. The molecule has 1 aromatic carbocycles. The lowest BCUT2D eigenvalue weighted by atomic mass is 10.1. The quantitative estimate of drug-likeness (QED) is 0.944. The van der Waals surface area contributed by atoms with E-state index in [0.29, 0.717) is 24.4 Å². The van der Waals surface area contributed by atoms with Crippen LogP contribution in [0.3, 0.4) is 0 Å². The maximum Gasteiger partial charge on any atom is 0.248 e. The van der Waals surface area contributed by atoms with Gasteiger partial charge < -0.3 is 9.84 Å². The molecule has 1 aromatic heterocycles. The van der Waals surface area contributed by atoms with Gasteiger partial charge in [-0.25, -0.2) is 0 Å². The molecule has 0 aliphatic carbocycles. The van der Waals surface area contributed by atoms with Crippen molar-refractivity contribution >= 4 is 23.3 Å². The van der Waals surface area contributed by atoms with Gasteiger partial charge in [-0.2, -0.15) is 0 Å². The van der Waals surface area contributed by atoms with Crippen LogP contribution in [0.4, 0.5) is 11.5 Å². The van der Waals surface area contributed by atoms with Gasteiger partial charge in [-0.15, -0.1) is 0 Å². The van der Waals surface area contributed by atoms with Crippen molar-refractivity contribution in [1.29, 1.82) is 0 Å². The maximum absolute atomic E-state index is 12.4. The Kier molecular flexibility index (Phi) is 3.66. The maximum atomic E-state index is 12.4. The Bertz CT molecular complexity index is 706. The number of hydrogen-bond donors (Lipinski definition) is 1. The smallest absolute Gasteiger partial charge is 0.248 e. The minimum atomic E-state index is -0.521. The first-order chi connectivity index (χ1) is 10.5. The summed E-state index contributed by atoms with van der Waals surface area (Å²) < 4.78 is 4.93. The standard InChI is InChI=1S/C16H17N3O3/c1-10-3-5-12(6-4-10)19-13(7-8-15(19)20)16(21)17-14-9-11(2)22-18-14/h3-6,9,13H,7-8H2,1-2H3,(H,17,18,21). The van der Waals surface area contributed by atoms with Crippen LogP contribution in [0.1, 0.15) is 24.2 Å². The third-order valence-electron chi connectivity index (χ3n) is 3.71. The molecule has 3 rings (SSSR count). The highest BCUT2D eigenvalue weighted by Crippen LogP contribution is 2.27. The number of carbonyl (C=O) groups excluding carboxylic acids is 2. The highest BCUT2D eigenvalue weighted by Gasteiger charge is 2.37. The van der Waals surface area contributed by atoms with E-state index in [-0.39, 0.29) is 11.8 Å². The molecule has 2 heterocycles. The molecule has 6 heteroatoms. The van der Waals surface area contributed by atoms with Gasteiger partial charge in [0, 0.05) is 18.2 Å². The van der Waals surface area contributed by atoms with Crippen LogP contribution >= 0.6 is 0 Å². The van der Waals surface area contributed by atoms with Gasteiger partial charge in [0.2, 0.25) is 11.8 Å². The normalized spacial score (nSPS) is 17.8. The van der Waals surface area contributed by atoms with Gasteiger partial charge in [0.1, 0.15) is 11.8 Å². The fraction of sp³-hybridized carbons (Fsp3) is 0.312. The summed E-state index contributed by atoms with van der Waals surface area (Å²) in [5.41, 5.74) is 1.85. The number of nitrogens with zero attached hydrogens (tertiary/aromatic N) is 2. The molecule has 114 valence electrons. The van der Waals surface area contributed by atoms with E-state index >= 15 is 0 Å². The van der Waals surface area contributed by atoms with Crippen molar-refractivity contribution in [2.75, 3.05) is 10.2 Å². The number of carbonyl (C=O) groups is 2. The van der Waals surface area contributed by atoms with E-state index in [1.165, 1.54) is 0 Å². The van der Waals surface area contributed by atoms with Crippen LogP contribution in [0, 0.1) is 13.8 Å². The summed E-state index contributed by atoms with van der Waals surface area (Å²) in [6, 6.07) is 8.70. The average Bonchev–Trinajstić information content (AvgIpc) is 3.06. The van der Waals surface area contributed by atoms with E-state index in [1.54, 1.807) is 17.9 Å². The first-order valence-corrected chi connectivity index (χ1v) is 7.17. The number of aromatic nitrogens is 1. The Hall–Kier alpha value is -2.63. The molecule has 1 fully saturated rings. The van der Waals surface area contributed by atoms with Gasteiger partial charge in [-0.3, -0.25) is 14.5 Å². The fourth-order valence-corrected chi connectivity index (χ4v) is 2.60. The van der Waals surface area contributed by atoms with Crippen LogP contribution in [0.5, 0.6) is 0 Å². The van der Waals surface area contributed by atoms with Crippen LogP contribution in [-0.4, -0.2) is 23.0 Å². The number of anilines is 2. The Morgan fingerprint density at radius 2 is 2.05 bits per heavy atom. The zero-order valence-electron chi connectivity index (χ0n) is 12.5. The summed E-state index contributed by atoms with van der Waals surface area (Å²) in [6.45, 7) is 3.73. The topological polar surface area (TPSA) is 75.4 Å². The molecule has 1 saturated heterocycles. The van der Waals surface area contributed by atoms with Gasteiger partial charge >= 0.3 is 0 Å². The second-order valence-corrected chi connectivity index (χ2v) is 5.47. The molecule has 2 aromatic rings. The summed E-state index contributed by atoms with van der Waals surface area (Å²) in [6.07, 6.45) is 0.860. The summed E-state index contributed by atoms with van der Waals surface area (Å²) in [7, 11) is 0. The second kappa shape index (κ2) is 5.63. The predicted molar refractivity (Wildman–Crippen MR) is 81.6 cm³/mol. The molecule has 22 heavy (non-hydrogen) atoms.